The maximum atomic E-state index is 13.8. The van der Waals surface area contributed by atoms with Crippen LogP contribution in [-0.4, -0.2) is 24.7 Å². The number of sulfonamides is 1. The van der Waals surface area contributed by atoms with Crippen LogP contribution in [0.25, 0.3) is 0 Å². The zero-order valence-corrected chi connectivity index (χ0v) is 19.8. The van der Waals surface area contributed by atoms with Gasteiger partial charge >= 0.3 is 6.18 Å². The Morgan fingerprint density at radius 1 is 1.07 bits per heavy atom. The van der Waals surface area contributed by atoms with Crippen LogP contribution >= 0.6 is 38.5 Å². The van der Waals surface area contributed by atoms with Gasteiger partial charge in [-0.05, 0) is 78.8 Å². The summed E-state index contributed by atoms with van der Waals surface area (Å²) in [4.78, 5) is -0.160. The minimum atomic E-state index is -4.89. The Bertz CT molecular complexity index is 942. The second-order valence-electron chi connectivity index (χ2n) is 6.37. The van der Waals surface area contributed by atoms with Crippen molar-refractivity contribution in [1.29, 1.82) is 0 Å². The fourth-order valence-corrected chi connectivity index (χ4v) is 5.70. The summed E-state index contributed by atoms with van der Waals surface area (Å²) in [5, 5.41) is 0. The molecule has 0 aliphatic carbocycles. The Morgan fingerprint density at radius 3 is 2.04 bits per heavy atom. The Kier molecular flexibility index (Phi) is 7.10. The lowest BCUT2D eigenvalue weighted by atomic mass is 10.1. The van der Waals surface area contributed by atoms with Crippen molar-refractivity contribution in [2.75, 3.05) is 6.61 Å². The summed E-state index contributed by atoms with van der Waals surface area (Å²) in [6, 6.07) is 9.42. The molecule has 1 unspecified atom stereocenters. The molecular formula is C18H18BrF3INO3S. The van der Waals surface area contributed by atoms with E-state index in [4.69, 9.17) is 4.74 Å². The molecule has 1 atom stereocenters. The lowest BCUT2D eigenvalue weighted by molar-refractivity contribution is -0.163. The molecule has 0 aliphatic heterocycles. The van der Waals surface area contributed by atoms with Crippen molar-refractivity contribution in [2.45, 2.75) is 35.4 Å². The summed E-state index contributed by atoms with van der Waals surface area (Å²) in [5.74, 6) is 0.190. The van der Waals surface area contributed by atoms with Gasteiger partial charge < -0.3 is 4.74 Å². The largest absolute Gasteiger partial charge is 0.490 e. The van der Waals surface area contributed by atoms with Gasteiger partial charge in [0.1, 0.15) is 12.4 Å². The Labute approximate surface area is 184 Å². The molecule has 0 amide bonds. The molecule has 2 aromatic rings. The SMILES string of the molecule is Cc1cc(C)c(S(=O)(=O)NC(I)(COc2ccc(Br)cc2)C(F)(F)F)c(C)c1. The fourth-order valence-electron chi connectivity index (χ4n) is 2.74. The molecular weight excluding hydrogens is 574 g/mol. The molecule has 0 radical (unpaired) electrons. The van der Waals surface area contributed by atoms with Crippen LogP contribution in [0.2, 0.25) is 0 Å². The molecule has 1 N–H and O–H groups in total. The van der Waals surface area contributed by atoms with Crippen LogP contribution in [0.5, 0.6) is 5.75 Å². The second-order valence-corrected chi connectivity index (χ2v) is 10.8. The standard InChI is InChI=1S/C18H18BrF3INO3S/c1-11-8-12(2)16(13(3)9-11)28(25,26)24-17(23,18(20,21)22)10-27-15-6-4-14(19)5-7-15/h4-9,24H,10H2,1-3H3. The Morgan fingerprint density at radius 2 is 1.57 bits per heavy atom. The Balaban J connectivity index is 2.36. The quantitative estimate of drug-likeness (QED) is 0.277. The van der Waals surface area contributed by atoms with Crippen molar-refractivity contribution in [3.05, 3.63) is 57.6 Å². The molecule has 4 nitrogen and oxygen atoms in total. The van der Waals surface area contributed by atoms with Crippen molar-refractivity contribution in [3.63, 3.8) is 0 Å². The summed E-state index contributed by atoms with van der Waals surface area (Å²) in [5.41, 5.74) is 1.57. The van der Waals surface area contributed by atoms with Gasteiger partial charge in [0.2, 0.25) is 13.6 Å². The molecule has 0 spiro atoms. The number of alkyl halides is 4. The number of rotatable bonds is 6. The monoisotopic (exact) mass is 591 g/mol. The van der Waals surface area contributed by atoms with Gasteiger partial charge in [-0.1, -0.05) is 33.6 Å². The number of ether oxygens (including phenoxy) is 1. The van der Waals surface area contributed by atoms with E-state index in [2.05, 4.69) is 15.9 Å². The first-order valence-corrected chi connectivity index (χ1v) is 11.4. The third-order valence-corrected chi connectivity index (χ3v) is 7.76. The van der Waals surface area contributed by atoms with Crippen molar-refractivity contribution in [3.8, 4) is 5.75 Å². The van der Waals surface area contributed by atoms with E-state index in [9.17, 15) is 21.6 Å². The molecule has 0 fully saturated rings. The number of benzene rings is 2. The lowest BCUT2D eigenvalue weighted by Crippen LogP contribution is -2.57. The minimum absolute atomic E-state index is 0.160. The van der Waals surface area contributed by atoms with Gasteiger partial charge in [-0.15, -0.1) is 0 Å². The van der Waals surface area contributed by atoms with E-state index in [1.54, 1.807) is 45.0 Å². The van der Waals surface area contributed by atoms with E-state index in [0.29, 0.717) is 11.1 Å². The number of halogens is 5. The van der Waals surface area contributed by atoms with E-state index < -0.39 is 26.4 Å². The van der Waals surface area contributed by atoms with Crippen LogP contribution in [0, 0.1) is 20.8 Å². The predicted octanol–water partition coefficient (Wildman–Crippen LogP) is 5.43. The second kappa shape index (κ2) is 8.49. The van der Waals surface area contributed by atoms with Gasteiger partial charge in [-0.25, -0.2) is 8.42 Å². The van der Waals surface area contributed by atoms with Crippen LogP contribution in [-0.2, 0) is 10.0 Å². The topological polar surface area (TPSA) is 55.4 Å². The normalized spacial score (nSPS) is 14.6. The van der Waals surface area contributed by atoms with Crippen LogP contribution in [0.4, 0.5) is 13.2 Å². The average Bonchev–Trinajstić information content (AvgIpc) is 2.51. The zero-order valence-electron chi connectivity index (χ0n) is 15.2. The molecule has 0 saturated carbocycles. The molecule has 0 bridgehead atoms. The maximum Gasteiger partial charge on any atom is 0.420 e. The predicted molar refractivity (Wildman–Crippen MR) is 113 cm³/mol. The van der Waals surface area contributed by atoms with Crippen LogP contribution in [0.3, 0.4) is 0 Å². The fraction of sp³-hybridized carbons (Fsp3) is 0.333. The van der Waals surface area contributed by atoms with Crippen molar-refractivity contribution >= 4 is 48.5 Å². The van der Waals surface area contributed by atoms with Gasteiger partial charge in [-0.2, -0.15) is 17.9 Å². The lowest BCUT2D eigenvalue weighted by Gasteiger charge is -2.31. The van der Waals surface area contributed by atoms with Crippen molar-refractivity contribution in [1.82, 2.24) is 4.72 Å². The molecule has 0 aliphatic rings. The van der Waals surface area contributed by atoms with Gasteiger partial charge in [0.15, 0.2) is 0 Å². The van der Waals surface area contributed by atoms with E-state index in [1.165, 1.54) is 12.1 Å². The molecule has 0 aromatic heterocycles. The van der Waals surface area contributed by atoms with Crippen LogP contribution < -0.4 is 9.46 Å². The zero-order chi connectivity index (χ0) is 21.3. The number of hydrogen-bond acceptors (Lipinski definition) is 3. The molecule has 28 heavy (non-hydrogen) atoms. The molecule has 0 saturated heterocycles. The molecule has 0 heterocycles. The molecule has 2 rings (SSSR count). The van der Waals surface area contributed by atoms with Gasteiger partial charge in [-0.3, -0.25) is 0 Å². The van der Waals surface area contributed by atoms with Gasteiger partial charge in [0.05, 0.1) is 4.90 Å². The summed E-state index contributed by atoms with van der Waals surface area (Å²) in [6.45, 7) is 3.96. The first-order valence-electron chi connectivity index (χ1n) is 8.01. The van der Waals surface area contributed by atoms with Gasteiger partial charge in [0, 0.05) is 4.47 Å². The van der Waals surface area contributed by atoms with E-state index in [-0.39, 0.29) is 10.6 Å². The van der Waals surface area contributed by atoms with Crippen molar-refractivity contribution in [2.24, 2.45) is 0 Å². The van der Waals surface area contributed by atoms with Crippen LogP contribution in [0.1, 0.15) is 16.7 Å². The highest BCUT2D eigenvalue weighted by Crippen LogP contribution is 2.38. The average molecular weight is 592 g/mol. The summed E-state index contributed by atoms with van der Waals surface area (Å²) < 4.78 is 71.9. The number of hydrogen-bond donors (Lipinski definition) is 1. The molecule has 154 valence electrons. The third kappa shape index (κ3) is 5.39. The van der Waals surface area contributed by atoms with Crippen LogP contribution in [0.15, 0.2) is 45.8 Å². The maximum absolute atomic E-state index is 13.8. The minimum Gasteiger partial charge on any atom is -0.490 e. The third-order valence-electron chi connectivity index (χ3n) is 3.87. The van der Waals surface area contributed by atoms with E-state index >= 15 is 0 Å². The van der Waals surface area contributed by atoms with Gasteiger partial charge in [0.25, 0.3) is 0 Å². The Hall–Kier alpha value is -0.850. The first-order chi connectivity index (χ1) is 12.7. The first kappa shape index (κ1) is 23.4. The molecule has 10 heteroatoms. The van der Waals surface area contributed by atoms with E-state index in [0.717, 1.165) is 32.6 Å². The van der Waals surface area contributed by atoms with Crippen molar-refractivity contribution < 1.29 is 26.3 Å². The highest BCUT2D eigenvalue weighted by Gasteiger charge is 2.56. The number of aryl methyl sites for hydroxylation is 3. The summed E-state index contributed by atoms with van der Waals surface area (Å²) in [6.07, 6.45) is -4.89. The number of nitrogens with one attached hydrogen (secondary N) is 1. The highest BCUT2D eigenvalue weighted by atomic mass is 127. The molecule has 2 aromatic carbocycles. The highest BCUT2D eigenvalue weighted by molar-refractivity contribution is 14.1. The smallest absolute Gasteiger partial charge is 0.420 e. The van der Waals surface area contributed by atoms with E-state index in [1.807, 2.05) is 4.72 Å². The summed E-state index contributed by atoms with van der Waals surface area (Å²) >= 11 is 4.27. The summed E-state index contributed by atoms with van der Waals surface area (Å²) in [7, 11) is -4.46.